The minimum atomic E-state index is 0.530. The molecule has 1 aromatic heterocycles. The fraction of sp³-hybridized carbons (Fsp3) is 0.235. The Hall–Kier alpha value is -1.39. The van der Waals surface area contributed by atoms with E-state index in [-0.39, 0.29) is 0 Å². The largest absolute Gasteiger partial charge is 0.487 e. The summed E-state index contributed by atoms with van der Waals surface area (Å²) >= 11 is 5.21. The number of hydrogen-bond acceptors (Lipinski definition) is 3. The normalized spacial score (nSPS) is 11.0. The van der Waals surface area contributed by atoms with E-state index in [1.807, 2.05) is 12.1 Å². The molecule has 0 radical (unpaired) electrons. The number of aryl methyl sites for hydroxylation is 1. The third-order valence-corrected chi connectivity index (χ3v) is 4.67. The van der Waals surface area contributed by atoms with Gasteiger partial charge in [0.15, 0.2) is 0 Å². The SMILES string of the molecule is CCCc1nc(COc2ccc3cc(Br)ccc3c2)cs1. The van der Waals surface area contributed by atoms with Crippen LogP contribution in [0.1, 0.15) is 24.0 Å². The first kappa shape index (κ1) is 14.5. The number of fused-ring (bicyclic) bond motifs is 1. The highest BCUT2D eigenvalue weighted by Gasteiger charge is 2.03. The summed E-state index contributed by atoms with van der Waals surface area (Å²) in [6.07, 6.45) is 2.18. The van der Waals surface area contributed by atoms with Crippen molar-refractivity contribution in [3.63, 3.8) is 0 Å². The Labute approximate surface area is 136 Å². The summed E-state index contributed by atoms with van der Waals surface area (Å²) in [6, 6.07) is 12.4. The second-order valence-corrected chi connectivity index (χ2v) is 6.78. The summed E-state index contributed by atoms with van der Waals surface area (Å²) in [4.78, 5) is 4.58. The summed E-state index contributed by atoms with van der Waals surface area (Å²) < 4.78 is 6.95. The van der Waals surface area contributed by atoms with Crippen LogP contribution < -0.4 is 4.74 Å². The maximum Gasteiger partial charge on any atom is 0.131 e. The number of nitrogens with zero attached hydrogens (tertiary/aromatic N) is 1. The molecule has 0 aliphatic heterocycles. The molecule has 0 spiro atoms. The molecule has 0 aliphatic carbocycles. The van der Waals surface area contributed by atoms with Crippen LogP contribution in [0.2, 0.25) is 0 Å². The van der Waals surface area contributed by atoms with Crippen molar-refractivity contribution in [3.05, 3.63) is 57.0 Å². The van der Waals surface area contributed by atoms with Gasteiger partial charge in [-0.05, 0) is 47.9 Å². The highest BCUT2D eigenvalue weighted by atomic mass is 79.9. The van der Waals surface area contributed by atoms with Crippen LogP contribution in [0.3, 0.4) is 0 Å². The van der Waals surface area contributed by atoms with E-state index < -0.39 is 0 Å². The Kier molecular flexibility index (Phi) is 4.56. The smallest absolute Gasteiger partial charge is 0.131 e. The van der Waals surface area contributed by atoms with E-state index in [4.69, 9.17) is 4.74 Å². The molecule has 4 heteroatoms. The number of aromatic nitrogens is 1. The van der Waals surface area contributed by atoms with Gasteiger partial charge in [0.25, 0.3) is 0 Å². The molecule has 21 heavy (non-hydrogen) atoms. The molecule has 2 nitrogen and oxygen atoms in total. The van der Waals surface area contributed by atoms with Gasteiger partial charge in [-0.25, -0.2) is 4.98 Å². The molecular formula is C17H16BrNOS. The molecule has 0 unspecified atom stereocenters. The first-order valence-electron chi connectivity index (χ1n) is 7.00. The monoisotopic (exact) mass is 361 g/mol. The molecule has 3 aromatic rings. The van der Waals surface area contributed by atoms with Crippen LogP contribution in [-0.4, -0.2) is 4.98 Å². The van der Waals surface area contributed by atoms with Crippen LogP contribution in [0.5, 0.6) is 5.75 Å². The molecular weight excluding hydrogens is 346 g/mol. The minimum Gasteiger partial charge on any atom is -0.487 e. The molecule has 0 amide bonds. The van der Waals surface area contributed by atoms with Gasteiger partial charge in [0.05, 0.1) is 10.7 Å². The number of hydrogen-bond donors (Lipinski definition) is 0. The van der Waals surface area contributed by atoms with Crippen molar-refractivity contribution in [1.29, 1.82) is 0 Å². The van der Waals surface area contributed by atoms with Crippen LogP contribution in [0.4, 0.5) is 0 Å². The van der Waals surface area contributed by atoms with E-state index >= 15 is 0 Å². The third kappa shape index (κ3) is 3.63. The highest BCUT2D eigenvalue weighted by molar-refractivity contribution is 9.10. The zero-order valence-corrected chi connectivity index (χ0v) is 14.2. The van der Waals surface area contributed by atoms with Gasteiger partial charge >= 0.3 is 0 Å². The number of benzene rings is 2. The van der Waals surface area contributed by atoms with E-state index in [1.54, 1.807) is 11.3 Å². The fourth-order valence-corrected chi connectivity index (χ4v) is 3.45. The zero-order valence-electron chi connectivity index (χ0n) is 11.8. The van der Waals surface area contributed by atoms with Crippen molar-refractivity contribution in [2.24, 2.45) is 0 Å². The average molecular weight is 362 g/mol. The Morgan fingerprint density at radius 1 is 1.14 bits per heavy atom. The summed E-state index contributed by atoms with van der Waals surface area (Å²) in [5, 5.41) is 5.67. The van der Waals surface area contributed by atoms with Gasteiger partial charge in [-0.3, -0.25) is 0 Å². The second kappa shape index (κ2) is 6.58. The van der Waals surface area contributed by atoms with Gasteiger partial charge in [0.2, 0.25) is 0 Å². The lowest BCUT2D eigenvalue weighted by molar-refractivity contribution is 0.302. The van der Waals surface area contributed by atoms with Crippen molar-refractivity contribution >= 4 is 38.0 Å². The molecule has 0 saturated heterocycles. The van der Waals surface area contributed by atoms with Gasteiger partial charge in [0.1, 0.15) is 12.4 Å². The molecule has 108 valence electrons. The van der Waals surface area contributed by atoms with Crippen molar-refractivity contribution in [2.45, 2.75) is 26.4 Å². The lowest BCUT2D eigenvalue weighted by atomic mass is 10.1. The van der Waals surface area contributed by atoms with E-state index in [2.05, 4.69) is 57.5 Å². The number of thiazole rings is 1. The van der Waals surface area contributed by atoms with Gasteiger partial charge in [0, 0.05) is 9.85 Å². The minimum absolute atomic E-state index is 0.530. The maximum absolute atomic E-state index is 5.85. The summed E-state index contributed by atoms with van der Waals surface area (Å²) in [7, 11) is 0. The van der Waals surface area contributed by atoms with E-state index in [0.717, 1.165) is 28.8 Å². The number of halogens is 1. The maximum atomic E-state index is 5.85. The third-order valence-electron chi connectivity index (χ3n) is 3.22. The predicted molar refractivity (Wildman–Crippen MR) is 92.1 cm³/mol. The summed E-state index contributed by atoms with van der Waals surface area (Å²) in [6.45, 7) is 2.70. The molecule has 3 rings (SSSR count). The predicted octanol–water partition coefficient (Wildman–Crippen LogP) is 5.59. The average Bonchev–Trinajstić information content (AvgIpc) is 2.93. The van der Waals surface area contributed by atoms with Gasteiger partial charge < -0.3 is 4.74 Å². The molecule has 0 atom stereocenters. The number of ether oxygens (including phenoxy) is 1. The first-order valence-corrected chi connectivity index (χ1v) is 8.67. The van der Waals surface area contributed by atoms with Crippen molar-refractivity contribution in [2.75, 3.05) is 0 Å². The molecule has 2 aromatic carbocycles. The molecule has 0 fully saturated rings. The Bertz CT molecular complexity index is 753. The zero-order chi connectivity index (χ0) is 14.7. The standard InChI is InChI=1S/C17H16BrNOS/c1-2-3-17-19-15(11-21-17)10-20-16-7-5-12-8-14(18)6-4-13(12)9-16/h4-9,11H,2-3,10H2,1H3. The lowest BCUT2D eigenvalue weighted by Gasteiger charge is -2.06. The van der Waals surface area contributed by atoms with Gasteiger partial charge in [-0.2, -0.15) is 0 Å². The molecule has 0 aliphatic rings. The number of rotatable bonds is 5. The highest BCUT2D eigenvalue weighted by Crippen LogP contribution is 2.24. The Morgan fingerprint density at radius 3 is 2.81 bits per heavy atom. The Balaban J connectivity index is 1.70. The van der Waals surface area contributed by atoms with E-state index in [9.17, 15) is 0 Å². The van der Waals surface area contributed by atoms with Crippen molar-refractivity contribution in [1.82, 2.24) is 4.98 Å². The quantitative estimate of drug-likeness (QED) is 0.590. The van der Waals surface area contributed by atoms with Gasteiger partial charge in [-0.15, -0.1) is 11.3 Å². The van der Waals surface area contributed by atoms with Crippen LogP contribution in [0.25, 0.3) is 10.8 Å². The molecule has 0 N–H and O–H groups in total. The second-order valence-electron chi connectivity index (χ2n) is 4.92. The van der Waals surface area contributed by atoms with Crippen LogP contribution in [0.15, 0.2) is 46.3 Å². The van der Waals surface area contributed by atoms with Crippen LogP contribution in [-0.2, 0) is 13.0 Å². The fourth-order valence-electron chi connectivity index (χ4n) is 2.19. The molecule has 0 bridgehead atoms. The molecule has 1 heterocycles. The van der Waals surface area contributed by atoms with Gasteiger partial charge in [-0.1, -0.05) is 35.0 Å². The van der Waals surface area contributed by atoms with E-state index in [0.29, 0.717) is 6.61 Å². The van der Waals surface area contributed by atoms with Crippen molar-refractivity contribution < 1.29 is 4.74 Å². The summed E-state index contributed by atoms with van der Waals surface area (Å²) in [5.74, 6) is 0.884. The van der Waals surface area contributed by atoms with E-state index in [1.165, 1.54) is 15.8 Å². The Morgan fingerprint density at radius 2 is 1.95 bits per heavy atom. The molecule has 0 saturated carbocycles. The lowest BCUT2D eigenvalue weighted by Crippen LogP contribution is -1.96. The first-order chi connectivity index (χ1) is 10.2. The van der Waals surface area contributed by atoms with Crippen LogP contribution >= 0.6 is 27.3 Å². The van der Waals surface area contributed by atoms with Crippen LogP contribution in [0, 0.1) is 0 Å². The topological polar surface area (TPSA) is 22.1 Å². The van der Waals surface area contributed by atoms with Crippen molar-refractivity contribution in [3.8, 4) is 5.75 Å². The summed E-state index contributed by atoms with van der Waals surface area (Å²) in [5.41, 5.74) is 1.01.